The van der Waals surface area contributed by atoms with Crippen LogP contribution in [-0.4, -0.2) is 64.1 Å². The maximum atomic E-state index is 14.4. The molecule has 0 saturated carbocycles. The molecule has 0 aromatic carbocycles. The third-order valence-electron chi connectivity index (χ3n) is 5.81. The zero-order valence-corrected chi connectivity index (χ0v) is 24.3. The molecule has 3 heterocycles. The molecule has 18 heteroatoms. The summed E-state index contributed by atoms with van der Waals surface area (Å²) in [5.74, 6) is -12.0. The topological polar surface area (TPSA) is 133 Å². The first kappa shape index (κ1) is 31.4. The number of nitrogens with zero attached hydrogens (tertiary/aromatic N) is 7. The number of pyridine rings is 1. The minimum absolute atomic E-state index is 0.00622. The van der Waals surface area contributed by atoms with E-state index in [4.69, 9.17) is 34.8 Å². The second-order valence-electron chi connectivity index (χ2n) is 9.54. The van der Waals surface area contributed by atoms with Crippen molar-refractivity contribution >= 4 is 46.6 Å². The van der Waals surface area contributed by atoms with Crippen LogP contribution >= 0.6 is 34.8 Å². The second kappa shape index (κ2) is 12.0. The van der Waals surface area contributed by atoms with Gasteiger partial charge in [-0.1, -0.05) is 23.2 Å². The first-order valence-corrected chi connectivity index (χ1v) is 13.4. The van der Waals surface area contributed by atoms with Crippen LogP contribution in [-0.2, 0) is 17.3 Å². The zero-order chi connectivity index (χ0) is 31.0. The normalized spacial score (nSPS) is 16.1. The maximum absolute atomic E-state index is 14.4. The molecule has 42 heavy (non-hydrogen) atoms. The smallest absolute Gasteiger partial charge is 0.350 e. The largest absolute Gasteiger partial charge is 0.369 e. The second-order valence-corrected chi connectivity index (χ2v) is 10.9. The highest BCUT2D eigenvalue weighted by atomic mass is 35.5. The standard InChI is InChI=1S/C24H22Cl3F4N9O2/c1-11(2)33-20(41)14-7-12(25)8-16(27)18(14)34-21(42)17-9-13(36-40(17)19-15(26)5-4-6-32-19)10-39-22(35-37-38-39)24(30,31)23(3,28)29/h4-6,8-9,11-12H,7,10H2,1-3H3,(H,33,41)(H,34,42). The molecule has 2 N–H and O–H groups in total. The Morgan fingerprint density at radius 2 is 1.90 bits per heavy atom. The van der Waals surface area contributed by atoms with Crippen molar-refractivity contribution in [2.45, 2.75) is 57.0 Å². The minimum Gasteiger partial charge on any atom is -0.350 e. The van der Waals surface area contributed by atoms with Gasteiger partial charge in [-0.05, 0) is 55.0 Å². The molecule has 0 bridgehead atoms. The molecule has 0 aliphatic heterocycles. The van der Waals surface area contributed by atoms with Crippen LogP contribution in [0.15, 0.2) is 46.8 Å². The molecule has 1 aliphatic rings. The summed E-state index contributed by atoms with van der Waals surface area (Å²) in [4.78, 5) is 30.6. The Morgan fingerprint density at radius 3 is 2.55 bits per heavy atom. The molecule has 1 atom stereocenters. The summed E-state index contributed by atoms with van der Waals surface area (Å²) in [6.45, 7) is 2.90. The van der Waals surface area contributed by atoms with Gasteiger partial charge >= 0.3 is 11.8 Å². The summed E-state index contributed by atoms with van der Waals surface area (Å²) in [5.41, 5.74) is -0.205. The molecule has 2 amide bonds. The fourth-order valence-corrected chi connectivity index (χ4v) is 4.72. The van der Waals surface area contributed by atoms with E-state index < -0.39 is 41.4 Å². The number of hydrogen-bond donors (Lipinski definition) is 2. The molecule has 4 rings (SSSR count). The molecule has 3 aromatic rings. The van der Waals surface area contributed by atoms with Crippen molar-refractivity contribution in [3.8, 4) is 5.82 Å². The number of tetrazole rings is 1. The Balaban J connectivity index is 1.76. The Labute approximate surface area is 250 Å². The van der Waals surface area contributed by atoms with Crippen LogP contribution < -0.4 is 10.6 Å². The third-order valence-corrected chi connectivity index (χ3v) is 6.70. The van der Waals surface area contributed by atoms with Crippen LogP contribution in [0.25, 0.3) is 5.82 Å². The zero-order valence-electron chi connectivity index (χ0n) is 22.0. The van der Waals surface area contributed by atoms with E-state index in [2.05, 4.69) is 36.2 Å². The maximum Gasteiger partial charge on any atom is 0.369 e. The highest BCUT2D eigenvalue weighted by Crippen LogP contribution is 2.41. The van der Waals surface area contributed by atoms with Gasteiger partial charge in [0, 0.05) is 24.7 Å². The predicted molar refractivity (Wildman–Crippen MR) is 144 cm³/mol. The Hall–Kier alpha value is -3.56. The number of rotatable bonds is 9. The van der Waals surface area contributed by atoms with Crippen molar-refractivity contribution in [3.63, 3.8) is 0 Å². The number of hydrogen-bond acceptors (Lipinski definition) is 7. The number of allylic oxidation sites excluding steroid dienone is 2. The van der Waals surface area contributed by atoms with E-state index in [-0.39, 0.29) is 57.9 Å². The number of nitrogens with one attached hydrogen (secondary N) is 2. The van der Waals surface area contributed by atoms with Crippen LogP contribution in [0.2, 0.25) is 5.02 Å². The molecule has 11 nitrogen and oxygen atoms in total. The van der Waals surface area contributed by atoms with Gasteiger partial charge in [-0.25, -0.2) is 14.3 Å². The highest BCUT2D eigenvalue weighted by Gasteiger charge is 2.57. The molecular weight excluding hydrogens is 629 g/mol. The van der Waals surface area contributed by atoms with E-state index >= 15 is 0 Å². The average molecular weight is 651 g/mol. The van der Waals surface area contributed by atoms with Crippen molar-refractivity contribution in [2.75, 3.05) is 0 Å². The summed E-state index contributed by atoms with van der Waals surface area (Å²) in [7, 11) is 0. The van der Waals surface area contributed by atoms with E-state index in [0.29, 0.717) is 4.68 Å². The Kier molecular flexibility index (Phi) is 8.94. The lowest BCUT2D eigenvalue weighted by molar-refractivity contribution is -0.211. The highest BCUT2D eigenvalue weighted by molar-refractivity contribution is 6.34. The fourth-order valence-electron chi connectivity index (χ4n) is 3.86. The predicted octanol–water partition coefficient (Wildman–Crippen LogP) is 4.34. The summed E-state index contributed by atoms with van der Waals surface area (Å²) < 4.78 is 57.5. The van der Waals surface area contributed by atoms with Gasteiger partial charge in [0.2, 0.25) is 11.7 Å². The van der Waals surface area contributed by atoms with Crippen LogP contribution in [0.3, 0.4) is 0 Å². The van der Waals surface area contributed by atoms with Gasteiger partial charge < -0.3 is 10.6 Å². The lowest BCUT2D eigenvalue weighted by Gasteiger charge is -2.22. The Bertz CT molecular complexity index is 1580. The van der Waals surface area contributed by atoms with E-state index in [0.717, 1.165) is 4.68 Å². The van der Waals surface area contributed by atoms with Gasteiger partial charge in [-0.2, -0.15) is 22.7 Å². The van der Waals surface area contributed by atoms with Crippen molar-refractivity contribution in [1.29, 1.82) is 0 Å². The summed E-state index contributed by atoms with van der Waals surface area (Å²) in [5, 5.41) is 18.6. The lowest BCUT2D eigenvalue weighted by atomic mass is 10.00. The van der Waals surface area contributed by atoms with Crippen molar-refractivity contribution < 1.29 is 27.2 Å². The van der Waals surface area contributed by atoms with Gasteiger partial charge in [0.25, 0.3) is 5.91 Å². The third kappa shape index (κ3) is 6.42. The van der Waals surface area contributed by atoms with E-state index in [1.165, 1.54) is 30.5 Å². The van der Waals surface area contributed by atoms with Crippen molar-refractivity contribution in [2.24, 2.45) is 0 Å². The fraction of sp³-hybridized carbons (Fsp3) is 0.375. The number of halogens is 7. The lowest BCUT2D eigenvalue weighted by Crippen LogP contribution is -2.38. The molecule has 0 saturated heterocycles. The van der Waals surface area contributed by atoms with Gasteiger partial charge in [0.05, 0.1) is 33.4 Å². The average Bonchev–Trinajstić information content (AvgIpc) is 3.52. The SMILES string of the molecule is CC(C)NC(=O)C1=C(NC(=O)c2cc(Cn3nnnc3C(F)(F)C(C)(F)F)nn2-c2ncccc2Cl)C(Cl)=CC(Cl)C1. The number of alkyl halides is 5. The summed E-state index contributed by atoms with van der Waals surface area (Å²) in [6, 6.07) is 3.93. The molecule has 0 spiro atoms. The van der Waals surface area contributed by atoms with Crippen molar-refractivity contribution in [1.82, 2.24) is 45.6 Å². The number of aromatic nitrogens is 7. The van der Waals surface area contributed by atoms with Crippen LogP contribution in [0.5, 0.6) is 0 Å². The molecule has 0 fully saturated rings. The minimum atomic E-state index is -4.71. The van der Waals surface area contributed by atoms with Gasteiger partial charge in [-0.3, -0.25) is 9.59 Å². The molecule has 1 unspecified atom stereocenters. The monoisotopic (exact) mass is 649 g/mol. The van der Waals surface area contributed by atoms with Gasteiger partial charge in [0.1, 0.15) is 5.69 Å². The van der Waals surface area contributed by atoms with Crippen LogP contribution in [0, 0.1) is 0 Å². The van der Waals surface area contributed by atoms with Crippen molar-refractivity contribution in [3.05, 3.63) is 69.0 Å². The Morgan fingerprint density at radius 1 is 1.19 bits per heavy atom. The van der Waals surface area contributed by atoms with Gasteiger partial charge in [-0.15, -0.1) is 16.7 Å². The van der Waals surface area contributed by atoms with Gasteiger partial charge in [0.15, 0.2) is 5.82 Å². The molecule has 3 aromatic heterocycles. The summed E-state index contributed by atoms with van der Waals surface area (Å²) >= 11 is 18.9. The molecule has 224 valence electrons. The number of carbonyl (C=O) groups is 2. The first-order valence-electron chi connectivity index (χ1n) is 12.2. The van der Waals surface area contributed by atoms with E-state index in [1.807, 2.05) is 0 Å². The van der Waals surface area contributed by atoms with Crippen LogP contribution in [0.1, 0.15) is 49.2 Å². The number of amides is 2. The van der Waals surface area contributed by atoms with E-state index in [9.17, 15) is 27.2 Å². The first-order chi connectivity index (χ1) is 19.6. The molecule has 1 aliphatic carbocycles. The van der Waals surface area contributed by atoms with E-state index in [1.54, 1.807) is 13.8 Å². The quantitative estimate of drug-likeness (QED) is 0.260. The summed E-state index contributed by atoms with van der Waals surface area (Å²) in [6.07, 6.45) is 2.87. The molecular formula is C24H22Cl3F4N9O2. The molecule has 0 radical (unpaired) electrons. The number of carbonyl (C=O) groups excluding carboxylic acids is 2. The van der Waals surface area contributed by atoms with Crippen LogP contribution in [0.4, 0.5) is 17.6 Å².